The van der Waals surface area contributed by atoms with Gasteiger partial charge < -0.3 is 14.5 Å². The number of furan rings is 1. The molecule has 0 spiro atoms. The van der Waals surface area contributed by atoms with E-state index in [1.807, 2.05) is 0 Å². The second-order valence-corrected chi connectivity index (χ2v) is 1.69. The maximum Gasteiger partial charge on any atom is 0.526 e. The zero-order valence-electron chi connectivity index (χ0n) is 4.98. The Morgan fingerprint density at radius 2 is 2.20 bits per heavy atom. The van der Waals surface area contributed by atoms with Gasteiger partial charge in [0.15, 0.2) is 0 Å². The van der Waals surface area contributed by atoms with Gasteiger partial charge in [0.1, 0.15) is 11.7 Å². The Hall–Kier alpha value is -1.25. The van der Waals surface area contributed by atoms with Crippen LogP contribution in [-0.2, 0) is 0 Å². The lowest BCUT2D eigenvalue weighted by atomic mass is 9.88. The van der Waals surface area contributed by atoms with E-state index in [1.54, 1.807) is 6.07 Å². The van der Waals surface area contributed by atoms with Gasteiger partial charge in [-0.25, -0.2) is 0 Å². The quantitative estimate of drug-likeness (QED) is 0.478. The van der Waals surface area contributed by atoms with Gasteiger partial charge in [-0.1, -0.05) is 0 Å². The summed E-state index contributed by atoms with van der Waals surface area (Å²) in [4.78, 5) is 0. The van der Waals surface area contributed by atoms with Gasteiger partial charge in [-0.15, -0.1) is 0 Å². The summed E-state index contributed by atoms with van der Waals surface area (Å²) in [5, 5.41) is 25.2. The number of rotatable bonds is 1. The molecule has 0 aromatic carbocycles. The number of hydrogen-bond donors (Lipinski definition) is 2. The molecule has 0 bridgehead atoms. The Bertz CT molecular complexity index is 262. The molecule has 0 atom stereocenters. The summed E-state index contributed by atoms with van der Waals surface area (Å²) in [6.07, 6.45) is 0. The Kier molecular flexibility index (Phi) is 1.76. The molecule has 1 aromatic heterocycles. The monoisotopic (exact) mass is 137 g/mol. The van der Waals surface area contributed by atoms with Gasteiger partial charge in [0.05, 0.1) is 0 Å². The lowest BCUT2D eigenvalue weighted by molar-refractivity contribution is 0.408. The van der Waals surface area contributed by atoms with E-state index in [1.165, 1.54) is 12.1 Å². The van der Waals surface area contributed by atoms with Crippen molar-refractivity contribution < 1.29 is 14.5 Å². The van der Waals surface area contributed by atoms with E-state index < -0.39 is 7.12 Å². The smallest absolute Gasteiger partial charge is 0.454 e. The summed E-state index contributed by atoms with van der Waals surface area (Å²) < 4.78 is 4.63. The number of nitriles is 1. The predicted octanol–water partition coefficient (Wildman–Crippen LogP) is -1.17. The molecule has 4 nitrogen and oxygen atoms in total. The third kappa shape index (κ3) is 1.18. The topological polar surface area (TPSA) is 77.4 Å². The highest BCUT2D eigenvalue weighted by atomic mass is 16.4. The van der Waals surface area contributed by atoms with Crippen LogP contribution >= 0.6 is 0 Å². The van der Waals surface area contributed by atoms with Crippen molar-refractivity contribution in [2.24, 2.45) is 0 Å². The minimum Gasteiger partial charge on any atom is -0.454 e. The average Bonchev–Trinajstić information content (AvgIpc) is 2.34. The molecule has 0 radical (unpaired) electrons. The van der Waals surface area contributed by atoms with Gasteiger partial charge in [-0.05, 0) is 12.1 Å². The summed E-state index contributed by atoms with van der Waals surface area (Å²) >= 11 is 0. The third-order valence-corrected chi connectivity index (χ3v) is 0.991. The van der Waals surface area contributed by atoms with Gasteiger partial charge >= 0.3 is 7.12 Å². The second-order valence-electron chi connectivity index (χ2n) is 1.69. The van der Waals surface area contributed by atoms with Crippen molar-refractivity contribution in [1.82, 2.24) is 0 Å². The highest BCUT2D eigenvalue weighted by Gasteiger charge is 2.15. The van der Waals surface area contributed by atoms with Crippen LogP contribution in [-0.4, -0.2) is 17.2 Å². The van der Waals surface area contributed by atoms with Crippen LogP contribution in [0.3, 0.4) is 0 Å². The van der Waals surface area contributed by atoms with Crippen molar-refractivity contribution >= 4 is 12.8 Å². The standard InChI is InChI=1S/C5H4BNO3/c7-3-4-1-2-5(10-4)6(8)9/h1-2,8-9H. The average molecular weight is 137 g/mol. The molecule has 0 saturated carbocycles. The zero-order chi connectivity index (χ0) is 7.56. The first-order valence-corrected chi connectivity index (χ1v) is 2.60. The minimum absolute atomic E-state index is 0.0171. The molecule has 1 rings (SSSR count). The van der Waals surface area contributed by atoms with Crippen LogP contribution in [0.15, 0.2) is 16.5 Å². The lowest BCUT2D eigenvalue weighted by Gasteiger charge is -1.87. The Morgan fingerprint density at radius 3 is 2.50 bits per heavy atom. The lowest BCUT2D eigenvalue weighted by Crippen LogP contribution is -2.27. The molecule has 2 N–H and O–H groups in total. The molecule has 0 aliphatic rings. The normalized spacial score (nSPS) is 8.90. The maximum atomic E-state index is 8.48. The van der Waals surface area contributed by atoms with Crippen molar-refractivity contribution in [1.29, 1.82) is 5.26 Å². The maximum absolute atomic E-state index is 8.48. The van der Waals surface area contributed by atoms with E-state index in [4.69, 9.17) is 15.3 Å². The fourth-order valence-corrected chi connectivity index (χ4v) is 0.552. The van der Waals surface area contributed by atoms with Crippen LogP contribution in [0.1, 0.15) is 5.76 Å². The summed E-state index contributed by atoms with van der Waals surface area (Å²) in [6, 6.07) is 4.42. The number of hydrogen-bond acceptors (Lipinski definition) is 4. The van der Waals surface area contributed by atoms with E-state index in [0.717, 1.165) is 0 Å². The molecular weight excluding hydrogens is 133 g/mol. The first-order chi connectivity index (χ1) is 4.74. The molecule has 50 valence electrons. The van der Waals surface area contributed by atoms with Gasteiger partial charge in [-0.2, -0.15) is 5.26 Å². The van der Waals surface area contributed by atoms with E-state index in [9.17, 15) is 0 Å². The summed E-state index contributed by atoms with van der Waals surface area (Å²) in [7, 11) is -1.64. The van der Waals surface area contributed by atoms with Crippen molar-refractivity contribution in [3.63, 3.8) is 0 Å². The van der Waals surface area contributed by atoms with Crippen molar-refractivity contribution in [2.45, 2.75) is 0 Å². The van der Waals surface area contributed by atoms with Crippen molar-refractivity contribution in [2.75, 3.05) is 0 Å². The molecule has 0 aliphatic heterocycles. The van der Waals surface area contributed by atoms with Crippen LogP contribution in [0.5, 0.6) is 0 Å². The largest absolute Gasteiger partial charge is 0.526 e. The molecule has 1 aromatic rings. The second kappa shape index (κ2) is 2.56. The molecule has 0 amide bonds. The molecule has 5 heteroatoms. The van der Waals surface area contributed by atoms with Crippen LogP contribution in [0, 0.1) is 11.3 Å². The fraction of sp³-hybridized carbons (Fsp3) is 0. The van der Waals surface area contributed by atoms with Crippen molar-refractivity contribution in [3.05, 3.63) is 17.9 Å². The van der Waals surface area contributed by atoms with Crippen LogP contribution in [0.2, 0.25) is 0 Å². The molecule has 1 heterocycles. The summed E-state index contributed by atoms with van der Waals surface area (Å²) in [5.74, 6) is 0.0723. The first-order valence-electron chi connectivity index (χ1n) is 2.60. The molecule has 0 unspecified atom stereocenters. The van der Waals surface area contributed by atoms with E-state index in [0.29, 0.717) is 0 Å². The Labute approximate surface area is 57.5 Å². The van der Waals surface area contributed by atoms with Gasteiger partial charge in [-0.3, -0.25) is 0 Å². The predicted molar refractivity (Wildman–Crippen MR) is 33.2 cm³/mol. The first kappa shape index (κ1) is 6.87. The van der Waals surface area contributed by atoms with Crippen LogP contribution in [0.25, 0.3) is 0 Å². The molecule has 0 saturated heterocycles. The highest BCUT2D eigenvalue weighted by Crippen LogP contribution is 1.94. The van der Waals surface area contributed by atoms with E-state index in [-0.39, 0.29) is 11.4 Å². The van der Waals surface area contributed by atoms with Gasteiger partial charge in [0, 0.05) is 0 Å². The van der Waals surface area contributed by atoms with Crippen molar-refractivity contribution in [3.8, 4) is 6.07 Å². The zero-order valence-corrected chi connectivity index (χ0v) is 4.98. The fourth-order valence-electron chi connectivity index (χ4n) is 0.552. The SMILES string of the molecule is N#Cc1ccc(B(O)O)o1. The highest BCUT2D eigenvalue weighted by molar-refractivity contribution is 6.57. The van der Waals surface area contributed by atoms with Gasteiger partial charge in [0.25, 0.3) is 0 Å². The minimum atomic E-state index is -1.64. The van der Waals surface area contributed by atoms with Gasteiger partial charge in [0.2, 0.25) is 5.76 Å². The number of nitrogens with zero attached hydrogens (tertiary/aromatic N) is 1. The molecule has 0 aliphatic carbocycles. The van der Waals surface area contributed by atoms with Crippen LogP contribution < -0.4 is 5.66 Å². The summed E-state index contributed by atoms with van der Waals surface area (Å²) in [6.45, 7) is 0. The third-order valence-electron chi connectivity index (χ3n) is 0.991. The Morgan fingerprint density at radius 1 is 1.50 bits per heavy atom. The van der Waals surface area contributed by atoms with Crippen LogP contribution in [0.4, 0.5) is 0 Å². The van der Waals surface area contributed by atoms with E-state index in [2.05, 4.69) is 4.42 Å². The Balaban J connectivity index is 2.91. The molecule has 10 heavy (non-hydrogen) atoms. The molecule has 0 fully saturated rings. The molecular formula is C5H4BNO3. The van der Waals surface area contributed by atoms with E-state index >= 15 is 0 Å². The summed E-state index contributed by atoms with van der Waals surface area (Å²) in [5.41, 5.74) is -0.0171.